The molecular formula is C19H18N2O7. The number of para-hydroxylation sites is 4. The number of carbonyl (C=O) groups is 2. The minimum absolute atomic E-state index is 0.0138. The quantitative estimate of drug-likeness (QED) is 0.477. The van der Waals surface area contributed by atoms with Gasteiger partial charge in [-0.15, -0.1) is 0 Å². The monoisotopic (exact) mass is 386 g/mol. The number of benzene rings is 2. The third kappa shape index (κ3) is 4.03. The molecule has 3 atom stereocenters. The van der Waals surface area contributed by atoms with Crippen LogP contribution in [0.2, 0.25) is 0 Å². The molecule has 0 bridgehead atoms. The molecule has 28 heavy (non-hydrogen) atoms. The Morgan fingerprint density at radius 1 is 1.11 bits per heavy atom. The molecule has 3 unspecified atom stereocenters. The standard InChI is InChI=1S/C19H18N2O7/c1-11-17(28-16-10-6-5-9-15(16)26-11)19(23)27-12(2)18(22)20-13-7-3-4-8-14(13)21(24)25/h3-12,17H,1-2H3,(H,20,22). The molecule has 1 amide bonds. The van der Waals surface area contributed by atoms with Crippen LogP contribution in [-0.2, 0) is 14.3 Å². The summed E-state index contributed by atoms with van der Waals surface area (Å²) in [4.78, 5) is 35.2. The number of nitrogens with zero attached hydrogens (tertiary/aromatic N) is 1. The van der Waals surface area contributed by atoms with E-state index < -0.39 is 35.1 Å². The van der Waals surface area contributed by atoms with Crippen molar-refractivity contribution in [3.8, 4) is 11.5 Å². The Morgan fingerprint density at radius 2 is 1.71 bits per heavy atom. The highest BCUT2D eigenvalue weighted by Crippen LogP contribution is 2.33. The lowest BCUT2D eigenvalue weighted by Gasteiger charge is -2.30. The average molecular weight is 386 g/mol. The zero-order valence-corrected chi connectivity index (χ0v) is 15.2. The second-order valence-corrected chi connectivity index (χ2v) is 6.15. The summed E-state index contributed by atoms with van der Waals surface area (Å²) in [6, 6.07) is 12.6. The summed E-state index contributed by atoms with van der Waals surface area (Å²) < 4.78 is 16.5. The zero-order valence-electron chi connectivity index (χ0n) is 15.2. The average Bonchev–Trinajstić information content (AvgIpc) is 2.67. The van der Waals surface area contributed by atoms with E-state index in [0.29, 0.717) is 11.5 Å². The van der Waals surface area contributed by atoms with Crippen LogP contribution in [0.15, 0.2) is 48.5 Å². The van der Waals surface area contributed by atoms with Crippen LogP contribution < -0.4 is 14.8 Å². The maximum atomic E-state index is 12.4. The van der Waals surface area contributed by atoms with Crippen molar-refractivity contribution in [1.82, 2.24) is 0 Å². The molecular weight excluding hydrogens is 368 g/mol. The number of ether oxygens (including phenoxy) is 3. The number of rotatable bonds is 5. The van der Waals surface area contributed by atoms with Crippen LogP contribution in [-0.4, -0.2) is 35.1 Å². The minimum Gasteiger partial charge on any atom is -0.482 e. The van der Waals surface area contributed by atoms with Crippen LogP contribution in [0.1, 0.15) is 13.8 Å². The summed E-state index contributed by atoms with van der Waals surface area (Å²) in [5.41, 5.74) is -0.247. The van der Waals surface area contributed by atoms with Gasteiger partial charge in [0.2, 0.25) is 6.10 Å². The number of esters is 1. The van der Waals surface area contributed by atoms with Crippen molar-refractivity contribution in [2.75, 3.05) is 5.32 Å². The molecule has 1 aliphatic rings. The topological polar surface area (TPSA) is 117 Å². The molecule has 1 N–H and O–H groups in total. The van der Waals surface area contributed by atoms with Gasteiger partial charge >= 0.3 is 5.97 Å². The van der Waals surface area contributed by atoms with E-state index in [0.717, 1.165) is 0 Å². The summed E-state index contributed by atoms with van der Waals surface area (Å²) in [5, 5.41) is 13.4. The molecule has 1 heterocycles. The maximum absolute atomic E-state index is 12.4. The van der Waals surface area contributed by atoms with E-state index in [-0.39, 0.29) is 11.4 Å². The molecule has 0 spiro atoms. The van der Waals surface area contributed by atoms with E-state index in [2.05, 4.69) is 5.32 Å². The number of carbonyl (C=O) groups excluding carboxylic acids is 2. The van der Waals surface area contributed by atoms with Crippen LogP contribution in [0.25, 0.3) is 0 Å². The SMILES string of the molecule is CC(OC(=O)C1Oc2ccccc2OC1C)C(=O)Nc1ccccc1[N+](=O)[O-]. The van der Waals surface area contributed by atoms with E-state index in [9.17, 15) is 19.7 Å². The Balaban J connectivity index is 1.64. The number of hydrogen-bond acceptors (Lipinski definition) is 7. The van der Waals surface area contributed by atoms with E-state index in [1.165, 1.54) is 25.1 Å². The van der Waals surface area contributed by atoms with Crippen molar-refractivity contribution in [2.24, 2.45) is 0 Å². The van der Waals surface area contributed by atoms with E-state index in [1.54, 1.807) is 37.3 Å². The van der Waals surface area contributed by atoms with Gasteiger partial charge in [-0.25, -0.2) is 4.79 Å². The van der Waals surface area contributed by atoms with Crippen LogP contribution >= 0.6 is 0 Å². The van der Waals surface area contributed by atoms with Crippen molar-refractivity contribution >= 4 is 23.3 Å². The molecule has 9 nitrogen and oxygen atoms in total. The van der Waals surface area contributed by atoms with Crippen LogP contribution in [0.4, 0.5) is 11.4 Å². The summed E-state index contributed by atoms with van der Waals surface area (Å²) in [5.74, 6) is -0.555. The minimum atomic E-state index is -1.19. The molecule has 0 aromatic heterocycles. The van der Waals surface area contributed by atoms with E-state index in [4.69, 9.17) is 14.2 Å². The van der Waals surface area contributed by atoms with Crippen molar-refractivity contribution in [2.45, 2.75) is 32.2 Å². The molecule has 146 valence electrons. The summed E-state index contributed by atoms with van der Waals surface area (Å²) in [6.45, 7) is 3.02. The largest absolute Gasteiger partial charge is 0.482 e. The summed E-state index contributed by atoms with van der Waals surface area (Å²) in [6.07, 6.45) is -2.86. The predicted molar refractivity (Wildman–Crippen MR) is 98.2 cm³/mol. The fourth-order valence-electron chi connectivity index (χ4n) is 2.65. The lowest BCUT2D eigenvalue weighted by atomic mass is 10.2. The highest BCUT2D eigenvalue weighted by molar-refractivity contribution is 5.97. The van der Waals surface area contributed by atoms with Crippen LogP contribution in [0.3, 0.4) is 0 Å². The number of nitro groups is 1. The number of fused-ring (bicyclic) bond motifs is 1. The second kappa shape index (κ2) is 7.95. The van der Waals surface area contributed by atoms with Gasteiger partial charge in [-0.3, -0.25) is 14.9 Å². The Bertz CT molecular complexity index is 915. The smallest absolute Gasteiger partial charge is 0.352 e. The predicted octanol–water partition coefficient (Wildman–Crippen LogP) is 2.69. The first-order chi connectivity index (χ1) is 13.4. The normalized spacial score (nSPS) is 18.6. The van der Waals surface area contributed by atoms with Crippen LogP contribution in [0.5, 0.6) is 11.5 Å². The Kier molecular flexibility index (Phi) is 5.44. The lowest BCUT2D eigenvalue weighted by molar-refractivity contribution is -0.383. The van der Waals surface area contributed by atoms with E-state index in [1.807, 2.05) is 0 Å². The molecule has 1 aliphatic heterocycles. The number of hydrogen-bond donors (Lipinski definition) is 1. The van der Waals surface area contributed by atoms with Gasteiger partial charge in [0.1, 0.15) is 11.8 Å². The summed E-state index contributed by atoms with van der Waals surface area (Å²) in [7, 11) is 0. The number of amides is 1. The van der Waals surface area contributed by atoms with Crippen molar-refractivity contribution in [1.29, 1.82) is 0 Å². The molecule has 0 saturated carbocycles. The molecule has 9 heteroatoms. The molecule has 0 aliphatic carbocycles. The van der Waals surface area contributed by atoms with Gasteiger partial charge in [0, 0.05) is 6.07 Å². The fraction of sp³-hybridized carbons (Fsp3) is 0.263. The van der Waals surface area contributed by atoms with Crippen LogP contribution in [0, 0.1) is 10.1 Å². The van der Waals surface area contributed by atoms with Crippen molar-refractivity contribution in [3.63, 3.8) is 0 Å². The highest BCUT2D eigenvalue weighted by atomic mass is 16.6. The molecule has 2 aromatic rings. The van der Waals surface area contributed by atoms with E-state index >= 15 is 0 Å². The molecule has 0 radical (unpaired) electrons. The number of nitrogens with one attached hydrogen (secondary N) is 1. The first kappa shape index (κ1) is 19.2. The van der Waals surface area contributed by atoms with Gasteiger partial charge in [0.05, 0.1) is 4.92 Å². The Hall–Kier alpha value is -3.62. The third-order valence-electron chi connectivity index (χ3n) is 4.10. The van der Waals surface area contributed by atoms with Crippen molar-refractivity contribution < 1.29 is 28.7 Å². The second-order valence-electron chi connectivity index (χ2n) is 6.15. The fourth-order valence-corrected chi connectivity index (χ4v) is 2.65. The molecule has 3 rings (SSSR count). The van der Waals surface area contributed by atoms with Gasteiger partial charge in [0.25, 0.3) is 11.6 Å². The first-order valence-electron chi connectivity index (χ1n) is 8.54. The summed E-state index contributed by atoms with van der Waals surface area (Å²) >= 11 is 0. The zero-order chi connectivity index (χ0) is 20.3. The van der Waals surface area contributed by atoms with Gasteiger partial charge < -0.3 is 19.5 Å². The van der Waals surface area contributed by atoms with Gasteiger partial charge in [-0.1, -0.05) is 24.3 Å². The lowest BCUT2D eigenvalue weighted by Crippen LogP contribution is -2.46. The van der Waals surface area contributed by atoms with Gasteiger partial charge in [-0.2, -0.15) is 0 Å². The molecule has 2 aromatic carbocycles. The van der Waals surface area contributed by atoms with Gasteiger partial charge in [-0.05, 0) is 32.0 Å². The number of nitro benzene ring substituents is 1. The maximum Gasteiger partial charge on any atom is 0.352 e. The Labute approximate surface area is 160 Å². The molecule has 0 fully saturated rings. The Morgan fingerprint density at radius 3 is 2.39 bits per heavy atom. The first-order valence-corrected chi connectivity index (χ1v) is 8.54. The highest BCUT2D eigenvalue weighted by Gasteiger charge is 2.37. The molecule has 0 saturated heterocycles. The van der Waals surface area contributed by atoms with Gasteiger partial charge in [0.15, 0.2) is 17.6 Å². The third-order valence-corrected chi connectivity index (χ3v) is 4.10. The number of anilines is 1. The van der Waals surface area contributed by atoms with Crippen molar-refractivity contribution in [3.05, 3.63) is 58.6 Å².